The van der Waals surface area contributed by atoms with Crippen molar-refractivity contribution in [2.75, 3.05) is 6.61 Å². The highest BCUT2D eigenvalue weighted by molar-refractivity contribution is 6.07. The number of ketones is 2. The maximum absolute atomic E-state index is 13.2. The summed E-state index contributed by atoms with van der Waals surface area (Å²) in [6.07, 6.45) is 5.53. The fraction of sp³-hybridized carbons (Fsp3) is 0.684. The van der Waals surface area contributed by atoms with Crippen LogP contribution in [0.2, 0.25) is 0 Å². The number of Topliss-reactive ketones (excluding diaryl/α,β-unsaturated/α-hetero) is 2. The minimum Gasteiger partial charge on any atom is -0.366 e. The molecule has 4 bridgehead atoms. The van der Waals surface area contributed by atoms with E-state index in [0.29, 0.717) is 25.0 Å². The molecule has 2 heterocycles. The van der Waals surface area contributed by atoms with E-state index >= 15 is 0 Å². The fourth-order valence-electron chi connectivity index (χ4n) is 5.26. The van der Waals surface area contributed by atoms with Crippen LogP contribution in [-0.4, -0.2) is 35.0 Å². The quantitative estimate of drug-likeness (QED) is 0.735. The molecule has 0 aromatic carbocycles. The van der Waals surface area contributed by atoms with Gasteiger partial charge in [-0.25, -0.2) is 0 Å². The van der Waals surface area contributed by atoms with E-state index in [2.05, 4.69) is 0 Å². The van der Waals surface area contributed by atoms with Gasteiger partial charge >= 0.3 is 0 Å². The highest BCUT2D eigenvalue weighted by atomic mass is 16.6. The summed E-state index contributed by atoms with van der Waals surface area (Å²) < 4.78 is 12.7. The number of hydrogen-bond acceptors (Lipinski definition) is 4. The Hall–Kier alpha value is -1.26. The molecule has 3 fully saturated rings. The van der Waals surface area contributed by atoms with Crippen LogP contribution in [0.5, 0.6) is 0 Å². The van der Waals surface area contributed by atoms with Gasteiger partial charge in [-0.05, 0) is 34.1 Å². The summed E-state index contributed by atoms with van der Waals surface area (Å²) in [4.78, 5) is 25.8. The first kappa shape index (κ1) is 15.3. The lowest BCUT2D eigenvalue weighted by atomic mass is 9.51. The summed E-state index contributed by atoms with van der Waals surface area (Å²) in [5.41, 5.74) is -0.554. The van der Waals surface area contributed by atoms with E-state index in [-0.39, 0.29) is 23.4 Å². The third kappa shape index (κ3) is 1.64. The SMILES string of the molecule is CC(C)=CCC12OC(C)(C)C3CC(C=C4C(=O)CCOC431)C2=O. The topological polar surface area (TPSA) is 52.6 Å². The van der Waals surface area contributed by atoms with Crippen LogP contribution in [0.3, 0.4) is 0 Å². The Labute approximate surface area is 136 Å². The Morgan fingerprint density at radius 3 is 2.78 bits per heavy atom. The van der Waals surface area contributed by atoms with Crippen LogP contribution in [-0.2, 0) is 19.1 Å². The molecule has 5 aliphatic rings. The predicted molar refractivity (Wildman–Crippen MR) is 84.9 cm³/mol. The largest absolute Gasteiger partial charge is 0.366 e. The van der Waals surface area contributed by atoms with Crippen LogP contribution in [0, 0.1) is 11.8 Å². The Morgan fingerprint density at radius 2 is 2.09 bits per heavy atom. The Balaban J connectivity index is 1.97. The Morgan fingerprint density at radius 1 is 1.35 bits per heavy atom. The van der Waals surface area contributed by atoms with Crippen LogP contribution in [0.1, 0.15) is 47.0 Å². The van der Waals surface area contributed by atoms with Crippen molar-refractivity contribution in [1.82, 2.24) is 0 Å². The zero-order valence-corrected chi connectivity index (χ0v) is 14.3. The Bertz CT molecular complexity index is 667. The molecule has 4 atom stereocenters. The molecule has 0 radical (unpaired) electrons. The van der Waals surface area contributed by atoms with Gasteiger partial charge in [0, 0.05) is 30.3 Å². The second-order valence-corrected chi connectivity index (χ2v) is 8.11. The summed E-state index contributed by atoms with van der Waals surface area (Å²) in [6.45, 7) is 8.47. The minimum atomic E-state index is -1.04. The molecule has 23 heavy (non-hydrogen) atoms. The van der Waals surface area contributed by atoms with Gasteiger partial charge in [0.25, 0.3) is 0 Å². The van der Waals surface area contributed by atoms with Crippen molar-refractivity contribution in [2.24, 2.45) is 11.8 Å². The van der Waals surface area contributed by atoms with Crippen LogP contribution in [0.15, 0.2) is 23.3 Å². The first-order chi connectivity index (χ1) is 10.7. The van der Waals surface area contributed by atoms with Crippen LogP contribution in [0.25, 0.3) is 0 Å². The van der Waals surface area contributed by atoms with Crippen molar-refractivity contribution in [3.8, 4) is 0 Å². The van der Waals surface area contributed by atoms with Gasteiger partial charge in [-0.3, -0.25) is 9.59 Å². The van der Waals surface area contributed by atoms with Gasteiger partial charge in [-0.1, -0.05) is 17.7 Å². The summed E-state index contributed by atoms with van der Waals surface area (Å²) >= 11 is 0. The average molecular weight is 316 g/mol. The van der Waals surface area contributed by atoms with Gasteiger partial charge in [-0.2, -0.15) is 0 Å². The summed E-state index contributed by atoms with van der Waals surface area (Å²) in [6, 6.07) is 0. The number of rotatable bonds is 2. The standard InChI is InChI=1S/C19H24O4/c1-11(2)5-7-18-16(21)12-9-13-14(20)6-8-22-19(13,18)15(10-12)17(3,4)23-18/h5,9,12,15H,6-8,10H2,1-4H3. The summed E-state index contributed by atoms with van der Waals surface area (Å²) in [5.74, 6) is 0.0546. The van der Waals surface area contributed by atoms with Crippen molar-refractivity contribution < 1.29 is 19.1 Å². The van der Waals surface area contributed by atoms with E-state index in [9.17, 15) is 9.59 Å². The molecular formula is C19H24O4. The normalized spacial score (nSPS) is 43.2. The van der Waals surface area contributed by atoms with Crippen molar-refractivity contribution in [1.29, 1.82) is 0 Å². The maximum Gasteiger partial charge on any atom is 0.175 e. The molecule has 4 heteroatoms. The third-order valence-electron chi connectivity index (χ3n) is 6.12. The molecule has 4 nitrogen and oxygen atoms in total. The van der Waals surface area contributed by atoms with Crippen LogP contribution >= 0.6 is 0 Å². The first-order valence-corrected chi connectivity index (χ1v) is 8.52. The number of carbonyl (C=O) groups excluding carboxylic acids is 2. The summed E-state index contributed by atoms with van der Waals surface area (Å²) in [7, 11) is 0. The molecule has 1 spiro atoms. The van der Waals surface area contributed by atoms with E-state index in [0.717, 1.165) is 12.0 Å². The molecule has 4 unspecified atom stereocenters. The second-order valence-electron chi connectivity index (χ2n) is 8.11. The average Bonchev–Trinajstić information content (AvgIpc) is 2.64. The van der Waals surface area contributed by atoms with Gasteiger partial charge < -0.3 is 9.47 Å². The molecule has 124 valence electrons. The predicted octanol–water partition coefficient (Wildman–Crippen LogP) is 2.76. The zero-order chi connectivity index (χ0) is 16.6. The highest BCUT2D eigenvalue weighted by Crippen LogP contribution is 2.66. The molecule has 1 saturated carbocycles. The molecule has 2 saturated heterocycles. The maximum atomic E-state index is 13.2. The van der Waals surface area contributed by atoms with Gasteiger partial charge in [0.1, 0.15) is 5.60 Å². The van der Waals surface area contributed by atoms with Crippen LogP contribution < -0.4 is 0 Å². The molecule has 5 rings (SSSR count). The fourth-order valence-corrected chi connectivity index (χ4v) is 5.26. The third-order valence-corrected chi connectivity index (χ3v) is 6.12. The first-order valence-electron chi connectivity index (χ1n) is 8.52. The molecule has 0 aromatic heterocycles. The van der Waals surface area contributed by atoms with Crippen LogP contribution in [0.4, 0.5) is 0 Å². The van der Waals surface area contributed by atoms with Gasteiger partial charge in [-0.15, -0.1) is 0 Å². The minimum absolute atomic E-state index is 0.0486. The lowest BCUT2D eigenvalue weighted by molar-refractivity contribution is -0.193. The lowest BCUT2D eigenvalue weighted by Gasteiger charge is -2.56. The second kappa shape index (κ2) is 4.42. The van der Waals surface area contributed by atoms with E-state index in [1.54, 1.807) is 0 Å². The lowest BCUT2D eigenvalue weighted by Crippen LogP contribution is -2.70. The van der Waals surface area contributed by atoms with E-state index in [1.807, 2.05) is 39.8 Å². The van der Waals surface area contributed by atoms with Gasteiger partial charge in [0.05, 0.1) is 12.2 Å². The van der Waals surface area contributed by atoms with Crippen molar-refractivity contribution in [3.63, 3.8) is 0 Å². The molecule has 0 aromatic rings. The number of ether oxygens (including phenoxy) is 2. The molecular weight excluding hydrogens is 292 g/mol. The Kier molecular flexibility index (Phi) is 2.94. The molecule has 0 N–H and O–H groups in total. The molecule has 3 aliphatic carbocycles. The highest BCUT2D eigenvalue weighted by Gasteiger charge is 2.79. The zero-order valence-electron chi connectivity index (χ0n) is 14.3. The number of hydrogen-bond donors (Lipinski definition) is 0. The van der Waals surface area contributed by atoms with Crippen molar-refractivity contribution in [3.05, 3.63) is 23.3 Å². The van der Waals surface area contributed by atoms with E-state index < -0.39 is 16.8 Å². The number of carbonyl (C=O) groups is 2. The van der Waals surface area contributed by atoms with Crippen molar-refractivity contribution in [2.45, 2.75) is 63.8 Å². The smallest absolute Gasteiger partial charge is 0.175 e. The van der Waals surface area contributed by atoms with Gasteiger partial charge in [0.15, 0.2) is 17.2 Å². The number of allylic oxidation sites excluding steroid dienone is 2. The van der Waals surface area contributed by atoms with E-state index in [4.69, 9.17) is 9.47 Å². The van der Waals surface area contributed by atoms with Crippen molar-refractivity contribution >= 4 is 11.6 Å². The molecule has 0 amide bonds. The van der Waals surface area contributed by atoms with E-state index in [1.165, 1.54) is 0 Å². The summed E-state index contributed by atoms with van der Waals surface area (Å²) in [5, 5.41) is 0. The monoisotopic (exact) mass is 316 g/mol. The molecule has 2 aliphatic heterocycles. The van der Waals surface area contributed by atoms with Gasteiger partial charge in [0.2, 0.25) is 0 Å².